The molecule has 0 radical (unpaired) electrons. The molecule has 0 fully saturated rings. The molecular weight excluding hydrogens is 295 g/mol. The Hall–Kier alpha value is -0.0805. The molecule has 13 heavy (non-hydrogen) atoms. The van der Waals surface area contributed by atoms with Gasteiger partial charge in [-0.3, -0.25) is 0 Å². The van der Waals surface area contributed by atoms with E-state index in [0.29, 0.717) is 15.0 Å². The zero-order valence-electron chi connectivity index (χ0n) is 7.16. The van der Waals surface area contributed by atoms with E-state index >= 15 is 0 Å². The zero-order valence-corrected chi connectivity index (χ0v) is 10.5. The Kier molecular flexibility index (Phi) is 4.74. The van der Waals surface area contributed by atoms with E-state index in [0.717, 1.165) is 15.4 Å². The molecule has 0 spiro atoms. The summed E-state index contributed by atoms with van der Waals surface area (Å²) in [6.45, 7) is 3.81. The van der Waals surface area contributed by atoms with E-state index < -0.39 is 0 Å². The summed E-state index contributed by atoms with van der Waals surface area (Å²) >= 11 is 3.78. The van der Waals surface area contributed by atoms with Gasteiger partial charge in [-0.15, -0.1) is 0 Å². The summed E-state index contributed by atoms with van der Waals surface area (Å²) in [5.74, 6) is 0. The van der Waals surface area contributed by atoms with Gasteiger partial charge in [0.05, 0.1) is 0 Å². The van der Waals surface area contributed by atoms with E-state index in [9.17, 15) is 0 Å². The second kappa shape index (κ2) is 5.61. The van der Waals surface area contributed by atoms with E-state index in [1.54, 1.807) is 0 Å². The van der Waals surface area contributed by atoms with Crippen LogP contribution in [-0.4, -0.2) is 20.1 Å². The Labute approximate surface area is 93.1 Å². The molecule has 0 unspecified atom stereocenters. The number of halogens is 1. The van der Waals surface area contributed by atoms with Crippen LogP contribution >= 0.6 is 15.9 Å². The fraction of sp³-hybridized carbons (Fsp3) is 0.200. The van der Waals surface area contributed by atoms with Crippen molar-refractivity contribution < 1.29 is 5.11 Å². The molecule has 1 aromatic rings. The third-order valence-corrected chi connectivity index (χ3v) is 4.38. The summed E-state index contributed by atoms with van der Waals surface area (Å²) < 4.78 is 2.29. The van der Waals surface area contributed by atoms with Gasteiger partial charge in [-0.1, -0.05) is 0 Å². The molecule has 1 rings (SSSR count). The molecule has 3 heteroatoms. The Morgan fingerprint density at radius 2 is 2.31 bits per heavy atom. The molecule has 0 heterocycles. The van der Waals surface area contributed by atoms with Gasteiger partial charge in [0.2, 0.25) is 0 Å². The second-order valence-electron chi connectivity index (χ2n) is 2.51. The van der Waals surface area contributed by atoms with Crippen molar-refractivity contribution in [1.29, 1.82) is 0 Å². The molecule has 0 aliphatic heterocycles. The van der Waals surface area contributed by atoms with Gasteiger partial charge >= 0.3 is 93.3 Å². The quantitative estimate of drug-likeness (QED) is 0.665. The van der Waals surface area contributed by atoms with Crippen molar-refractivity contribution >= 4 is 35.3 Å². The first-order chi connectivity index (χ1) is 6.27. The van der Waals surface area contributed by atoms with Crippen LogP contribution in [0.5, 0.6) is 0 Å². The van der Waals surface area contributed by atoms with Crippen LogP contribution in [-0.2, 0) is 6.61 Å². The first-order valence-electron chi connectivity index (χ1n) is 3.91. The number of benzene rings is 1. The van der Waals surface area contributed by atoms with Gasteiger partial charge in [0.15, 0.2) is 0 Å². The molecule has 0 atom stereocenters. The standard InChI is InChI=1S/C10H11BrOSe/c1-2-5-13-10-4-3-9(11)6-8(10)7-12/h2-4,6,12H,1,5,7H2. The SMILES string of the molecule is C=CC[Se]c1ccc(Br)cc1CO. The van der Waals surface area contributed by atoms with E-state index in [4.69, 9.17) is 5.11 Å². The number of allylic oxidation sites excluding steroid dienone is 1. The summed E-state index contributed by atoms with van der Waals surface area (Å²) in [5, 5.41) is 10.1. The molecule has 0 amide bonds. The predicted octanol–water partition coefficient (Wildman–Crippen LogP) is 1.88. The maximum atomic E-state index is 9.11. The minimum atomic E-state index is 0.119. The van der Waals surface area contributed by atoms with Crippen LogP contribution in [0.2, 0.25) is 5.32 Å². The molecule has 70 valence electrons. The van der Waals surface area contributed by atoms with Crippen molar-refractivity contribution in [2.45, 2.75) is 11.9 Å². The summed E-state index contributed by atoms with van der Waals surface area (Å²) in [7, 11) is 0. The van der Waals surface area contributed by atoms with E-state index in [1.165, 1.54) is 4.46 Å². The van der Waals surface area contributed by atoms with Crippen LogP contribution in [0.3, 0.4) is 0 Å². The average Bonchev–Trinajstić information content (AvgIpc) is 2.16. The molecule has 1 nitrogen and oxygen atoms in total. The molecule has 0 saturated heterocycles. The van der Waals surface area contributed by atoms with Gasteiger partial charge in [0.1, 0.15) is 0 Å². The summed E-state index contributed by atoms with van der Waals surface area (Å²) in [5.41, 5.74) is 1.02. The van der Waals surface area contributed by atoms with Crippen molar-refractivity contribution in [2.24, 2.45) is 0 Å². The Bertz CT molecular complexity index is 299. The third kappa shape index (κ3) is 3.28. The first-order valence-corrected chi connectivity index (χ1v) is 6.77. The van der Waals surface area contributed by atoms with Crippen LogP contribution < -0.4 is 4.46 Å². The maximum absolute atomic E-state index is 9.11. The monoisotopic (exact) mass is 306 g/mol. The van der Waals surface area contributed by atoms with Crippen LogP contribution in [0.1, 0.15) is 5.56 Å². The third-order valence-electron chi connectivity index (χ3n) is 1.55. The number of rotatable bonds is 4. The molecule has 0 bridgehead atoms. The Morgan fingerprint density at radius 3 is 2.92 bits per heavy atom. The normalized spacial score (nSPS) is 10.0. The second-order valence-corrected chi connectivity index (χ2v) is 5.65. The number of aliphatic hydroxyl groups excluding tert-OH is 1. The topological polar surface area (TPSA) is 20.2 Å². The van der Waals surface area contributed by atoms with E-state index in [1.807, 2.05) is 18.2 Å². The van der Waals surface area contributed by atoms with Crippen LogP contribution in [0.25, 0.3) is 0 Å². The number of hydrogen-bond acceptors (Lipinski definition) is 1. The van der Waals surface area contributed by atoms with Gasteiger partial charge in [-0.2, -0.15) is 0 Å². The first kappa shape index (κ1) is 11.0. The van der Waals surface area contributed by atoms with Crippen molar-refractivity contribution in [1.82, 2.24) is 0 Å². The summed E-state index contributed by atoms with van der Waals surface area (Å²) in [6, 6.07) is 6.05. The zero-order chi connectivity index (χ0) is 9.68. The van der Waals surface area contributed by atoms with Crippen molar-refractivity contribution in [3.05, 3.63) is 40.9 Å². The molecule has 0 aliphatic rings. The van der Waals surface area contributed by atoms with Gasteiger partial charge in [0.25, 0.3) is 0 Å². The van der Waals surface area contributed by atoms with E-state index in [-0.39, 0.29) is 6.61 Å². The average molecular weight is 306 g/mol. The van der Waals surface area contributed by atoms with Gasteiger partial charge in [-0.05, 0) is 0 Å². The van der Waals surface area contributed by atoms with Gasteiger partial charge < -0.3 is 0 Å². The van der Waals surface area contributed by atoms with Crippen molar-refractivity contribution in [2.75, 3.05) is 0 Å². The fourth-order valence-corrected chi connectivity index (χ4v) is 2.99. The predicted molar refractivity (Wildman–Crippen MR) is 60.5 cm³/mol. The fourth-order valence-electron chi connectivity index (χ4n) is 0.961. The Morgan fingerprint density at radius 1 is 1.54 bits per heavy atom. The van der Waals surface area contributed by atoms with Crippen molar-refractivity contribution in [3.8, 4) is 0 Å². The molecule has 0 saturated carbocycles. The summed E-state index contributed by atoms with van der Waals surface area (Å²) in [6.07, 6.45) is 1.92. The Balaban J connectivity index is 2.85. The van der Waals surface area contributed by atoms with Crippen LogP contribution in [0.15, 0.2) is 35.3 Å². The molecular formula is C10H11BrOSe. The molecule has 0 aliphatic carbocycles. The van der Waals surface area contributed by atoms with Crippen LogP contribution in [0.4, 0.5) is 0 Å². The van der Waals surface area contributed by atoms with E-state index in [2.05, 4.69) is 28.6 Å². The minimum absolute atomic E-state index is 0.119. The van der Waals surface area contributed by atoms with Crippen molar-refractivity contribution in [3.63, 3.8) is 0 Å². The number of aliphatic hydroxyl groups is 1. The van der Waals surface area contributed by atoms with Crippen LogP contribution in [0, 0.1) is 0 Å². The molecule has 1 N–H and O–H groups in total. The van der Waals surface area contributed by atoms with Gasteiger partial charge in [0, 0.05) is 0 Å². The number of hydrogen-bond donors (Lipinski definition) is 1. The molecule has 1 aromatic carbocycles. The van der Waals surface area contributed by atoms with Gasteiger partial charge in [-0.25, -0.2) is 0 Å². The summed E-state index contributed by atoms with van der Waals surface area (Å²) in [4.78, 5) is 0. The molecule has 0 aromatic heterocycles.